The molecule has 1 aromatic rings. The van der Waals surface area contributed by atoms with E-state index < -0.39 is 6.10 Å². The van der Waals surface area contributed by atoms with Gasteiger partial charge in [0.25, 0.3) is 5.91 Å². The largest absolute Gasteiger partial charge is 0.398 e. The fourth-order valence-corrected chi connectivity index (χ4v) is 1.86. The fraction of sp³-hybridized carbons (Fsp3) is 0.455. The molecule has 3 N–H and O–H groups in total. The van der Waals surface area contributed by atoms with E-state index >= 15 is 0 Å². The third-order valence-electron chi connectivity index (χ3n) is 2.75. The third kappa shape index (κ3) is 1.99. The predicted molar refractivity (Wildman–Crippen MR) is 59.9 cm³/mol. The van der Waals surface area contributed by atoms with Gasteiger partial charge < -0.3 is 15.7 Å². The number of nitrogens with zero attached hydrogens (tertiary/aromatic N) is 2. The molecule has 0 aliphatic carbocycles. The highest BCUT2D eigenvalue weighted by Crippen LogP contribution is 2.17. The van der Waals surface area contributed by atoms with Crippen LogP contribution >= 0.6 is 0 Å². The highest BCUT2D eigenvalue weighted by molar-refractivity contribution is 5.99. The Bertz CT molecular complexity index is 420. The van der Waals surface area contributed by atoms with E-state index in [1.807, 2.05) is 6.92 Å². The van der Waals surface area contributed by atoms with Crippen LogP contribution in [0.15, 0.2) is 12.3 Å². The number of rotatable bonds is 1. The number of aromatic nitrogens is 1. The lowest BCUT2D eigenvalue weighted by atomic mass is 10.2. The Morgan fingerprint density at radius 3 is 3.00 bits per heavy atom. The summed E-state index contributed by atoms with van der Waals surface area (Å²) in [5.74, 6) is -0.151. The number of nitrogen functional groups attached to an aromatic ring is 1. The van der Waals surface area contributed by atoms with Crippen LogP contribution in [0.2, 0.25) is 0 Å². The second-order valence-electron chi connectivity index (χ2n) is 4.11. The molecule has 0 saturated carbocycles. The molecule has 5 nitrogen and oxygen atoms in total. The number of carbonyl (C=O) groups excluding carboxylic acids is 1. The first kappa shape index (κ1) is 10.9. The van der Waals surface area contributed by atoms with E-state index in [-0.39, 0.29) is 5.91 Å². The minimum Gasteiger partial charge on any atom is -0.398 e. The van der Waals surface area contributed by atoms with Gasteiger partial charge in [0.15, 0.2) is 0 Å². The van der Waals surface area contributed by atoms with Crippen molar-refractivity contribution in [1.82, 2.24) is 9.88 Å². The van der Waals surface area contributed by atoms with Gasteiger partial charge in [-0.25, -0.2) is 0 Å². The minimum absolute atomic E-state index is 0.151. The monoisotopic (exact) mass is 221 g/mol. The average molecular weight is 221 g/mol. The Labute approximate surface area is 93.9 Å². The summed E-state index contributed by atoms with van der Waals surface area (Å²) in [4.78, 5) is 17.7. The first-order valence-electron chi connectivity index (χ1n) is 5.27. The zero-order valence-corrected chi connectivity index (χ0v) is 9.18. The Morgan fingerprint density at radius 1 is 1.69 bits per heavy atom. The van der Waals surface area contributed by atoms with E-state index in [0.717, 1.165) is 5.69 Å². The van der Waals surface area contributed by atoms with Crippen molar-refractivity contribution < 1.29 is 9.90 Å². The summed E-state index contributed by atoms with van der Waals surface area (Å²) in [5, 5.41) is 9.37. The number of β-amino-alcohol motifs (C(OH)–C–C–N with tert-alkyl or cyclic N) is 1. The molecule has 1 atom stereocenters. The van der Waals surface area contributed by atoms with Gasteiger partial charge in [-0.05, 0) is 19.4 Å². The summed E-state index contributed by atoms with van der Waals surface area (Å²) in [6.07, 6.45) is 1.71. The van der Waals surface area contributed by atoms with Crippen molar-refractivity contribution in [2.24, 2.45) is 0 Å². The quantitative estimate of drug-likeness (QED) is 0.709. The van der Waals surface area contributed by atoms with Crippen LogP contribution in [-0.4, -0.2) is 40.1 Å². The standard InChI is InChI=1S/C11H15N3O2/c1-7-4-10(12)9(5-13-7)11(16)14-3-2-8(15)6-14/h4-5,8,15H,2-3,6H2,1H3,(H2,12,13). The number of aliphatic hydroxyl groups excluding tert-OH is 1. The van der Waals surface area contributed by atoms with Gasteiger partial charge in [-0.3, -0.25) is 9.78 Å². The topological polar surface area (TPSA) is 79.5 Å². The van der Waals surface area contributed by atoms with Gasteiger partial charge >= 0.3 is 0 Å². The molecule has 86 valence electrons. The van der Waals surface area contributed by atoms with Crippen LogP contribution in [0.3, 0.4) is 0 Å². The van der Waals surface area contributed by atoms with Crippen LogP contribution in [0.5, 0.6) is 0 Å². The number of pyridine rings is 1. The van der Waals surface area contributed by atoms with E-state index in [0.29, 0.717) is 30.8 Å². The minimum atomic E-state index is -0.413. The van der Waals surface area contributed by atoms with E-state index in [1.165, 1.54) is 6.20 Å². The Kier molecular flexibility index (Phi) is 2.78. The number of hydrogen-bond donors (Lipinski definition) is 2. The Balaban J connectivity index is 2.21. The fourth-order valence-electron chi connectivity index (χ4n) is 1.86. The maximum atomic E-state index is 12.0. The molecule has 1 aliphatic rings. The second kappa shape index (κ2) is 4.09. The molecule has 0 aromatic carbocycles. The molecule has 16 heavy (non-hydrogen) atoms. The smallest absolute Gasteiger partial charge is 0.257 e. The SMILES string of the molecule is Cc1cc(N)c(C(=O)N2CCC(O)C2)cn1. The van der Waals surface area contributed by atoms with Crippen molar-refractivity contribution in [2.45, 2.75) is 19.4 Å². The number of aliphatic hydroxyl groups is 1. The number of nitrogens with two attached hydrogens (primary N) is 1. The Morgan fingerprint density at radius 2 is 2.44 bits per heavy atom. The van der Waals surface area contributed by atoms with Crippen LogP contribution < -0.4 is 5.73 Å². The Hall–Kier alpha value is -1.62. The molecule has 1 fully saturated rings. The summed E-state index contributed by atoms with van der Waals surface area (Å²) in [6.45, 7) is 2.78. The number of carbonyl (C=O) groups is 1. The summed E-state index contributed by atoms with van der Waals surface area (Å²) in [7, 11) is 0. The van der Waals surface area contributed by atoms with Gasteiger partial charge in [-0.15, -0.1) is 0 Å². The van der Waals surface area contributed by atoms with Gasteiger partial charge in [0.1, 0.15) is 0 Å². The van der Waals surface area contributed by atoms with Crippen molar-refractivity contribution in [2.75, 3.05) is 18.8 Å². The first-order valence-corrected chi connectivity index (χ1v) is 5.27. The lowest BCUT2D eigenvalue weighted by Crippen LogP contribution is -2.30. The zero-order valence-electron chi connectivity index (χ0n) is 9.18. The summed E-state index contributed by atoms with van der Waals surface area (Å²) in [5.41, 5.74) is 7.42. The van der Waals surface area contributed by atoms with Crippen LogP contribution in [0.1, 0.15) is 22.5 Å². The molecule has 1 amide bonds. The van der Waals surface area contributed by atoms with Crippen LogP contribution in [-0.2, 0) is 0 Å². The average Bonchev–Trinajstić information content (AvgIpc) is 2.64. The number of likely N-dealkylation sites (tertiary alicyclic amines) is 1. The molecule has 0 bridgehead atoms. The van der Waals surface area contributed by atoms with Gasteiger partial charge in [-0.1, -0.05) is 0 Å². The second-order valence-corrected chi connectivity index (χ2v) is 4.11. The van der Waals surface area contributed by atoms with Crippen LogP contribution in [0.4, 0.5) is 5.69 Å². The molecule has 2 rings (SSSR count). The molecule has 0 spiro atoms. The lowest BCUT2D eigenvalue weighted by Gasteiger charge is -2.16. The zero-order chi connectivity index (χ0) is 11.7. The molecule has 1 saturated heterocycles. The lowest BCUT2D eigenvalue weighted by molar-refractivity contribution is 0.0765. The summed E-state index contributed by atoms with van der Waals surface area (Å²) >= 11 is 0. The van der Waals surface area contributed by atoms with Crippen LogP contribution in [0.25, 0.3) is 0 Å². The molecule has 0 radical (unpaired) electrons. The van der Waals surface area contributed by atoms with Crippen molar-refractivity contribution in [1.29, 1.82) is 0 Å². The summed E-state index contributed by atoms with van der Waals surface area (Å²) < 4.78 is 0. The first-order chi connectivity index (χ1) is 7.58. The highest BCUT2D eigenvalue weighted by atomic mass is 16.3. The van der Waals surface area contributed by atoms with Crippen molar-refractivity contribution in [3.63, 3.8) is 0 Å². The number of aryl methyl sites for hydroxylation is 1. The number of anilines is 1. The van der Waals surface area contributed by atoms with E-state index in [9.17, 15) is 9.90 Å². The molecule has 2 heterocycles. The molecular formula is C11H15N3O2. The van der Waals surface area contributed by atoms with Crippen molar-refractivity contribution in [3.8, 4) is 0 Å². The third-order valence-corrected chi connectivity index (χ3v) is 2.75. The molecule has 1 unspecified atom stereocenters. The number of hydrogen-bond acceptors (Lipinski definition) is 4. The van der Waals surface area contributed by atoms with E-state index in [4.69, 9.17) is 5.73 Å². The highest BCUT2D eigenvalue weighted by Gasteiger charge is 2.26. The maximum Gasteiger partial charge on any atom is 0.257 e. The summed E-state index contributed by atoms with van der Waals surface area (Å²) in [6, 6.07) is 1.68. The van der Waals surface area contributed by atoms with Crippen LogP contribution in [0, 0.1) is 6.92 Å². The van der Waals surface area contributed by atoms with Gasteiger partial charge in [0.2, 0.25) is 0 Å². The number of amides is 1. The molecule has 1 aliphatic heterocycles. The molecular weight excluding hydrogens is 206 g/mol. The van der Waals surface area contributed by atoms with Gasteiger partial charge in [0, 0.05) is 30.7 Å². The maximum absolute atomic E-state index is 12.0. The van der Waals surface area contributed by atoms with Crippen molar-refractivity contribution >= 4 is 11.6 Å². The van der Waals surface area contributed by atoms with E-state index in [2.05, 4.69) is 4.98 Å². The predicted octanol–water partition coefficient (Wildman–Crippen LogP) is 0.179. The van der Waals surface area contributed by atoms with Gasteiger partial charge in [0.05, 0.1) is 11.7 Å². The van der Waals surface area contributed by atoms with Gasteiger partial charge in [-0.2, -0.15) is 0 Å². The molecule has 1 aromatic heterocycles. The van der Waals surface area contributed by atoms with Crippen molar-refractivity contribution in [3.05, 3.63) is 23.5 Å². The van der Waals surface area contributed by atoms with E-state index in [1.54, 1.807) is 11.0 Å². The normalized spacial score (nSPS) is 20.1. The molecule has 5 heteroatoms.